The molecular formula is C17H20O4. The summed E-state index contributed by atoms with van der Waals surface area (Å²) in [6, 6.07) is 14.6. The summed E-state index contributed by atoms with van der Waals surface area (Å²) in [6.07, 6.45) is -0.696. The average molecular weight is 288 g/mol. The van der Waals surface area contributed by atoms with Crippen LogP contribution in [0.5, 0.6) is 11.5 Å². The first-order valence-corrected chi connectivity index (χ1v) is 6.97. The molecule has 4 nitrogen and oxygen atoms in total. The molecule has 0 aliphatic rings. The zero-order valence-electron chi connectivity index (χ0n) is 12.0. The quantitative estimate of drug-likeness (QED) is 0.822. The van der Waals surface area contributed by atoms with Crippen LogP contribution in [0.25, 0.3) is 0 Å². The summed E-state index contributed by atoms with van der Waals surface area (Å²) < 4.78 is 11.1. The minimum absolute atomic E-state index is 0.0486. The number of hydrogen-bond acceptors (Lipinski definition) is 4. The summed E-state index contributed by atoms with van der Waals surface area (Å²) in [5.74, 6) is 1.13. The van der Waals surface area contributed by atoms with Crippen LogP contribution in [0.3, 0.4) is 0 Å². The van der Waals surface area contributed by atoms with Gasteiger partial charge < -0.3 is 19.7 Å². The van der Waals surface area contributed by atoms with Gasteiger partial charge in [-0.25, -0.2) is 0 Å². The third kappa shape index (κ3) is 4.21. The lowest BCUT2D eigenvalue weighted by atomic mass is 10.1. The third-order valence-electron chi connectivity index (χ3n) is 3.07. The highest BCUT2D eigenvalue weighted by Crippen LogP contribution is 2.29. The highest BCUT2D eigenvalue weighted by atomic mass is 16.5. The van der Waals surface area contributed by atoms with E-state index in [2.05, 4.69) is 0 Å². The molecule has 2 rings (SSSR count). The highest BCUT2D eigenvalue weighted by molar-refractivity contribution is 5.43. The normalized spacial score (nSPS) is 12.0. The molecule has 21 heavy (non-hydrogen) atoms. The summed E-state index contributed by atoms with van der Waals surface area (Å²) in [5, 5.41) is 19.2. The molecule has 0 saturated carbocycles. The van der Waals surface area contributed by atoms with Gasteiger partial charge in [0.15, 0.2) is 11.5 Å². The molecule has 0 radical (unpaired) electrons. The number of ether oxygens (including phenoxy) is 2. The van der Waals surface area contributed by atoms with Gasteiger partial charge in [-0.15, -0.1) is 0 Å². The Hall–Kier alpha value is -2.04. The minimum Gasteiger partial charge on any atom is -0.490 e. The Balaban J connectivity index is 2.05. The summed E-state index contributed by atoms with van der Waals surface area (Å²) in [4.78, 5) is 0. The fourth-order valence-corrected chi connectivity index (χ4v) is 1.98. The van der Waals surface area contributed by atoms with E-state index in [-0.39, 0.29) is 13.2 Å². The number of aliphatic hydroxyl groups is 2. The molecule has 0 aromatic heterocycles. The number of benzene rings is 2. The fourth-order valence-electron chi connectivity index (χ4n) is 1.98. The molecule has 0 aliphatic heterocycles. The van der Waals surface area contributed by atoms with E-state index in [0.29, 0.717) is 18.1 Å². The van der Waals surface area contributed by atoms with Crippen LogP contribution in [0, 0.1) is 0 Å². The molecule has 2 aromatic carbocycles. The van der Waals surface area contributed by atoms with Crippen molar-refractivity contribution < 1.29 is 19.7 Å². The van der Waals surface area contributed by atoms with E-state index in [9.17, 15) is 5.11 Å². The van der Waals surface area contributed by atoms with E-state index >= 15 is 0 Å². The van der Waals surface area contributed by atoms with Crippen LogP contribution in [0.4, 0.5) is 0 Å². The molecule has 2 aromatic rings. The van der Waals surface area contributed by atoms with Crippen LogP contribution in [0.15, 0.2) is 48.5 Å². The maximum atomic E-state index is 10.1. The van der Waals surface area contributed by atoms with Crippen molar-refractivity contribution in [3.63, 3.8) is 0 Å². The van der Waals surface area contributed by atoms with Gasteiger partial charge in [0.05, 0.1) is 13.2 Å². The Morgan fingerprint density at radius 1 is 1.00 bits per heavy atom. The number of rotatable bonds is 7. The summed E-state index contributed by atoms with van der Waals surface area (Å²) in [5.41, 5.74) is 1.57. The van der Waals surface area contributed by atoms with Crippen LogP contribution in [-0.4, -0.2) is 23.4 Å². The van der Waals surface area contributed by atoms with Crippen molar-refractivity contribution in [2.45, 2.75) is 19.6 Å². The molecule has 0 saturated heterocycles. The molecular weight excluding hydrogens is 268 g/mol. The van der Waals surface area contributed by atoms with Crippen molar-refractivity contribution in [1.82, 2.24) is 0 Å². The van der Waals surface area contributed by atoms with Crippen molar-refractivity contribution in [2.24, 2.45) is 0 Å². The number of aliphatic hydroxyl groups excluding tert-OH is 2. The van der Waals surface area contributed by atoms with Crippen molar-refractivity contribution in [2.75, 3.05) is 13.2 Å². The van der Waals surface area contributed by atoms with Gasteiger partial charge >= 0.3 is 0 Å². The van der Waals surface area contributed by atoms with Crippen LogP contribution in [0.2, 0.25) is 0 Å². The monoisotopic (exact) mass is 288 g/mol. The van der Waals surface area contributed by atoms with Gasteiger partial charge in [0, 0.05) is 0 Å². The van der Waals surface area contributed by atoms with Crippen molar-refractivity contribution in [1.29, 1.82) is 0 Å². The van der Waals surface area contributed by atoms with E-state index in [1.165, 1.54) is 0 Å². The van der Waals surface area contributed by atoms with Crippen LogP contribution >= 0.6 is 0 Å². The van der Waals surface area contributed by atoms with E-state index in [0.717, 1.165) is 11.1 Å². The van der Waals surface area contributed by atoms with Crippen molar-refractivity contribution in [3.05, 3.63) is 59.7 Å². The minimum atomic E-state index is -0.696. The zero-order valence-corrected chi connectivity index (χ0v) is 12.0. The van der Waals surface area contributed by atoms with Gasteiger partial charge in [0.25, 0.3) is 0 Å². The smallest absolute Gasteiger partial charge is 0.161 e. The molecule has 0 amide bonds. The predicted molar refractivity (Wildman–Crippen MR) is 80.4 cm³/mol. The SMILES string of the molecule is CCOc1cc(CO)ccc1OCC(O)c1ccccc1. The van der Waals surface area contributed by atoms with E-state index in [1.54, 1.807) is 18.2 Å². The molecule has 0 bridgehead atoms. The Labute approximate surface area is 124 Å². The lowest BCUT2D eigenvalue weighted by Gasteiger charge is -2.16. The van der Waals surface area contributed by atoms with Crippen LogP contribution in [-0.2, 0) is 6.61 Å². The lowest BCUT2D eigenvalue weighted by molar-refractivity contribution is 0.106. The van der Waals surface area contributed by atoms with Gasteiger partial charge in [-0.3, -0.25) is 0 Å². The Kier molecular flexibility index (Phi) is 5.60. The second-order valence-electron chi connectivity index (χ2n) is 4.61. The summed E-state index contributed by atoms with van der Waals surface area (Å²) >= 11 is 0. The molecule has 0 spiro atoms. The first-order valence-electron chi connectivity index (χ1n) is 6.97. The Morgan fingerprint density at radius 2 is 1.76 bits per heavy atom. The molecule has 1 unspecified atom stereocenters. The Bertz CT molecular complexity index is 554. The Morgan fingerprint density at radius 3 is 2.43 bits per heavy atom. The van der Waals surface area contributed by atoms with Crippen molar-refractivity contribution in [3.8, 4) is 11.5 Å². The molecule has 0 fully saturated rings. The highest BCUT2D eigenvalue weighted by Gasteiger charge is 2.11. The van der Waals surface area contributed by atoms with Gasteiger partial charge in [0.1, 0.15) is 12.7 Å². The molecule has 4 heteroatoms. The summed E-state index contributed by atoms with van der Waals surface area (Å²) in [7, 11) is 0. The van der Waals surface area contributed by atoms with Crippen LogP contribution < -0.4 is 9.47 Å². The second kappa shape index (κ2) is 7.67. The third-order valence-corrected chi connectivity index (χ3v) is 3.07. The van der Waals surface area contributed by atoms with E-state index < -0.39 is 6.10 Å². The maximum Gasteiger partial charge on any atom is 0.161 e. The van der Waals surface area contributed by atoms with Crippen molar-refractivity contribution >= 4 is 0 Å². The van der Waals surface area contributed by atoms with Gasteiger partial charge in [-0.1, -0.05) is 36.4 Å². The predicted octanol–water partition coefficient (Wildman–Crippen LogP) is 2.69. The van der Waals surface area contributed by atoms with E-state index in [1.807, 2.05) is 37.3 Å². The van der Waals surface area contributed by atoms with Gasteiger partial charge in [-0.05, 0) is 30.2 Å². The topological polar surface area (TPSA) is 58.9 Å². The van der Waals surface area contributed by atoms with Gasteiger partial charge in [-0.2, -0.15) is 0 Å². The first-order chi connectivity index (χ1) is 10.2. The molecule has 1 atom stereocenters. The fraction of sp³-hybridized carbons (Fsp3) is 0.294. The maximum absolute atomic E-state index is 10.1. The largest absolute Gasteiger partial charge is 0.490 e. The zero-order chi connectivity index (χ0) is 15.1. The molecule has 2 N–H and O–H groups in total. The molecule has 112 valence electrons. The molecule has 0 aliphatic carbocycles. The average Bonchev–Trinajstić information content (AvgIpc) is 2.54. The number of hydrogen-bond donors (Lipinski definition) is 2. The first kappa shape index (κ1) is 15.4. The lowest BCUT2D eigenvalue weighted by Crippen LogP contribution is -2.10. The van der Waals surface area contributed by atoms with Crippen LogP contribution in [0.1, 0.15) is 24.2 Å². The standard InChI is InChI=1S/C17H20O4/c1-2-20-17-10-13(11-18)8-9-16(17)21-12-15(19)14-6-4-3-5-7-14/h3-10,15,18-19H,2,11-12H2,1H3. The molecule has 0 heterocycles. The van der Waals surface area contributed by atoms with Gasteiger partial charge in [0.2, 0.25) is 0 Å². The second-order valence-corrected chi connectivity index (χ2v) is 4.61. The van der Waals surface area contributed by atoms with E-state index in [4.69, 9.17) is 14.6 Å². The summed E-state index contributed by atoms with van der Waals surface area (Å²) in [6.45, 7) is 2.48.